The highest BCUT2D eigenvalue weighted by molar-refractivity contribution is 7.80. The van der Waals surface area contributed by atoms with Crippen LogP contribution in [0.4, 0.5) is 5.69 Å². The van der Waals surface area contributed by atoms with Gasteiger partial charge >= 0.3 is 0 Å². The van der Waals surface area contributed by atoms with E-state index in [1.807, 2.05) is 37.3 Å². The summed E-state index contributed by atoms with van der Waals surface area (Å²) < 4.78 is 5.82. The fourth-order valence-corrected chi connectivity index (χ4v) is 7.22. The number of aryl methyl sites for hydroxylation is 1. The number of carbonyl (C=O) groups is 1. The number of aromatic nitrogens is 2. The number of pyridine rings is 1. The van der Waals surface area contributed by atoms with E-state index in [9.17, 15) is 4.79 Å². The van der Waals surface area contributed by atoms with Crippen LogP contribution < -0.4 is 10.6 Å². The maximum atomic E-state index is 12.9. The number of hydrogen-bond acceptors (Lipinski definition) is 5. The molecule has 2 aromatic heterocycles. The maximum absolute atomic E-state index is 12.9. The normalized spacial score (nSPS) is 27.6. The Labute approximate surface area is 198 Å². The lowest BCUT2D eigenvalue weighted by atomic mass is 9.49. The minimum Gasteiger partial charge on any atom is -0.434 e. The number of fused-ring (bicyclic) bond motifs is 1. The van der Waals surface area contributed by atoms with Crippen molar-refractivity contribution in [3.05, 3.63) is 42.1 Å². The quantitative estimate of drug-likeness (QED) is 0.492. The molecule has 7 heteroatoms. The number of anilines is 1. The van der Waals surface area contributed by atoms with Gasteiger partial charge in [-0.15, -0.1) is 0 Å². The van der Waals surface area contributed by atoms with Crippen molar-refractivity contribution in [2.24, 2.45) is 23.2 Å². The van der Waals surface area contributed by atoms with Gasteiger partial charge in [0.1, 0.15) is 0 Å². The summed E-state index contributed by atoms with van der Waals surface area (Å²) in [7, 11) is 0. The van der Waals surface area contributed by atoms with Crippen LogP contribution in [0, 0.1) is 30.1 Å². The lowest BCUT2D eigenvalue weighted by Crippen LogP contribution is -2.48. The van der Waals surface area contributed by atoms with Crippen LogP contribution in [0.25, 0.3) is 22.7 Å². The summed E-state index contributed by atoms with van der Waals surface area (Å²) in [6, 6.07) is 9.54. The lowest BCUT2D eigenvalue weighted by molar-refractivity contribution is -0.127. The molecule has 0 unspecified atom stereocenters. The smallest absolute Gasteiger partial charge is 0.228 e. The first-order valence-corrected chi connectivity index (χ1v) is 12.3. The third kappa shape index (κ3) is 4.03. The summed E-state index contributed by atoms with van der Waals surface area (Å²) in [4.78, 5) is 21.6. The van der Waals surface area contributed by atoms with Crippen LogP contribution in [0.5, 0.6) is 0 Å². The zero-order valence-electron chi connectivity index (χ0n) is 18.8. The van der Waals surface area contributed by atoms with Gasteiger partial charge in [-0.1, -0.05) is 0 Å². The van der Waals surface area contributed by atoms with Crippen LogP contribution in [0.2, 0.25) is 0 Å². The molecule has 4 aliphatic carbocycles. The van der Waals surface area contributed by atoms with Crippen molar-refractivity contribution in [1.29, 1.82) is 0 Å². The van der Waals surface area contributed by atoms with E-state index in [1.54, 1.807) is 6.20 Å². The van der Waals surface area contributed by atoms with Gasteiger partial charge < -0.3 is 15.1 Å². The monoisotopic (exact) mass is 460 g/mol. The van der Waals surface area contributed by atoms with E-state index in [-0.39, 0.29) is 11.3 Å². The van der Waals surface area contributed by atoms with Crippen LogP contribution in [-0.4, -0.2) is 21.0 Å². The van der Waals surface area contributed by atoms with Crippen molar-refractivity contribution in [2.45, 2.75) is 51.9 Å². The van der Waals surface area contributed by atoms with Crippen molar-refractivity contribution in [3.63, 3.8) is 0 Å². The van der Waals surface area contributed by atoms with Crippen LogP contribution in [0.15, 0.2) is 40.9 Å². The molecule has 0 aliphatic heterocycles. The standard InChI is InChI=1S/C26H28N4O2S/c1-15-7-19(24-30-23-21(32-24)3-2-6-27-23)4-5-20(15)28-25(33)29-22(31)14-26-11-16-8-17(12-26)10-18(9-16)13-26/h2-7,16-18H,8-14H2,1H3,(H2,28,29,31,33). The van der Waals surface area contributed by atoms with Gasteiger partial charge in [-0.3, -0.25) is 4.79 Å². The predicted molar refractivity (Wildman–Crippen MR) is 132 cm³/mol. The SMILES string of the molecule is Cc1cc(-c2nc3ncccc3o2)ccc1NC(=S)NC(=O)CC12CC3CC(CC(C3)C1)C2. The first kappa shape index (κ1) is 20.8. The molecule has 4 fully saturated rings. The number of rotatable bonds is 4. The third-order valence-electron chi connectivity index (χ3n) is 7.84. The minimum atomic E-state index is 0.0442. The molecule has 4 saturated carbocycles. The van der Waals surface area contributed by atoms with Crippen LogP contribution in [0.1, 0.15) is 50.5 Å². The number of nitrogens with one attached hydrogen (secondary N) is 2. The molecule has 1 aromatic carbocycles. The second kappa shape index (κ2) is 7.90. The molecular formula is C26H28N4O2S. The van der Waals surface area contributed by atoms with Crippen molar-refractivity contribution in [3.8, 4) is 11.5 Å². The Morgan fingerprint density at radius 2 is 1.88 bits per heavy atom. The molecule has 0 radical (unpaired) electrons. The fourth-order valence-electron chi connectivity index (χ4n) is 7.00. The topological polar surface area (TPSA) is 80.1 Å². The Bertz CT molecular complexity index is 1180. The first-order valence-electron chi connectivity index (χ1n) is 11.9. The maximum Gasteiger partial charge on any atom is 0.228 e. The van der Waals surface area contributed by atoms with Gasteiger partial charge in [-0.2, -0.15) is 4.98 Å². The summed E-state index contributed by atoms with van der Waals surface area (Å²) in [5.41, 5.74) is 4.17. The number of hydrogen-bond donors (Lipinski definition) is 2. The summed E-state index contributed by atoms with van der Waals surface area (Å²) in [5.74, 6) is 3.10. The van der Waals surface area contributed by atoms with Gasteiger partial charge in [-0.05, 0) is 117 Å². The van der Waals surface area contributed by atoms with E-state index in [4.69, 9.17) is 16.6 Å². The van der Waals surface area contributed by atoms with Crippen molar-refractivity contribution >= 4 is 40.2 Å². The number of thiocarbonyl (C=S) groups is 1. The van der Waals surface area contributed by atoms with Gasteiger partial charge in [-0.25, -0.2) is 4.98 Å². The highest BCUT2D eigenvalue weighted by Crippen LogP contribution is 2.61. The number of nitrogens with zero attached hydrogens (tertiary/aromatic N) is 2. The molecule has 33 heavy (non-hydrogen) atoms. The van der Waals surface area contributed by atoms with E-state index in [1.165, 1.54) is 38.5 Å². The summed E-state index contributed by atoms with van der Waals surface area (Å²) in [6.45, 7) is 1.99. The Morgan fingerprint density at radius 1 is 1.15 bits per heavy atom. The van der Waals surface area contributed by atoms with E-state index in [2.05, 4.69) is 20.6 Å². The average molecular weight is 461 g/mol. The number of amides is 1. The molecule has 0 spiro atoms. The van der Waals surface area contributed by atoms with Crippen molar-refractivity contribution in [1.82, 2.24) is 15.3 Å². The Kier molecular flexibility index (Phi) is 4.98. The van der Waals surface area contributed by atoms with Gasteiger partial charge in [0.05, 0.1) is 0 Å². The van der Waals surface area contributed by atoms with Gasteiger partial charge in [0.2, 0.25) is 11.8 Å². The first-order chi connectivity index (χ1) is 15.9. The van der Waals surface area contributed by atoms with Gasteiger partial charge in [0.15, 0.2) is 16.3 Å². The fraction of sp³-hybridized carbons (Fsp3) is 0.462. The highest BCUT2D eigenvalue weighted by atomic mass is 32.1. The minimum absolute atomic E-state index is 0.0442. The average Bonchev–Trinajstić information content (AvgIpc) is 3.18. The molecule has 2 heterocycles. The molecule has 1 amide bonds. The summed E-state index contributed by atoms with van der Waals surface area (Å²) >= 11 is 5.47. The van der Waals surface area contributed by atoms with Crippen LogP contribution >= 0.6 is 12.2 Å². The summed E-state index contributed by atoms with van der Waals surface area (Å²) in [5, 5.41) is 6.48. The van der Waals surface area contributed by atoms with Gasteiger partial charge in [0.25, 0.3) is 0 Å². The van der Waals surface area contributed by atoms with Crippen molar-refractivity contribution < 1.29 is 9.21 Å². The second-order valence-electron chi connectivity index (χ2n) is 10.5. The second-order valence-corrected chi connectivity index (χ2v) is 10.9. The van der Waals surface area contributed by atoms with Crippen LogP contribution in [-0.2, 0) is 4.79 Å². The molecule has 0 atom stereocenters. The molecule has 6 nitrogen and oxygen atoms in total. The lowest BCUT2D eigenvalue weighted by Gasteiger charge is -2.56. The van der Waals surface area contributed by atoms with E-state index in [0.717, 1.165) is 34.6 Å². The van der Waals surface area contributed by atoms with Gasteiger partial charge in [0, 0.05) is 23.9 Å². The molecule has 0 saturated heterocycles. The zero-order chi connectivity index (χ0) is 22.6. The molecular weight excluding hydrogens is 432 g/mol. The van der Waals surface area contributed by atoms with E-state index >= 15 is 0 Å². The number of benzene rings is 1. The zero-order valence-corrected chi connectivity index (χ0v) is 19.6. The molecule has 4 aliphatic rings. The van der Waals surface area contributed by atoms with E-state index < -0.39 is 0 Å². The largest absolute Gasteiger partial charge is 0.434 e. The Balaban J connectivity index is 1.10. The molecule has 7 rings (SSSR count). The molecule has 170 valence electrons. The van der Waals surface area contributed by atoms with Crippen molar-refractivity contribution in [2.75, 3.05) is 5.32 Å². The summed E-state index contributed by atoms with van der Waals surface area (Å²) in [6.07, 6.45) is 10.1. The number of carbonyl (C=O) groups excluding carboxylic acids is 1. The Morgan fingerprint density at radius 3 is 2.55 bits per heavy atom. The third-order valence-corrected chi connectivity index (χ3v) is 8.04. The molecule has 3 aromatic rings. The molecule has 2 N–H and O–H groups in total. The van der Waals surface area contributed by atoms with Crippen LogP contribution in [0.3, 0.4) is 0 Å². The predicted octanol–water partition coefficient (Wildman–Crippen LogP) is 5.62. The molecule has 4 bridgehead atoms. The highest BCUT2D eigenvalue weighted by Gasteiger charge is 2.51. The number of oxazole rings is 1. The van der Waals surface area contributed by atoms with E-state index in [0.29, 0.717) is 28.7 Å². The Hall–Kier alpha value is -2.80.